The predicted molar refractivity (Wildman–Crippen MR) is 136 cm³/mol. The molecule has 2 saturated heterocycles. The van der Waals surface area contributed by atoms with Gasteiger partial charge in [0.25, 0.3) is 0 Å². The molecule has 186 valence electrons. The molecule has 9 atom stereocenters. The van der Waals surface area contributed by atoms with E-state index in [9.17, 15) is 10.2 Å². The number of benzene rings is 1. The van der Waals surface area contributed by atoms with Crippen LogP contribution in [0.3, 0.4) is 0 Å². The number of hydrogen-bond donors (Lipinski definition) is 2. The van der Waals surface area contributed by atoms with Gasteiger partial charge < -0.3 is 19.8 Å². The van der Waals surface area contributed by atoms with Gasteiger partial charge in [-0.15, -0.1) is 0 Å². The quantitative estimate of drug-likeness (QED) is 0.631. The lowest BCUT2D eigenvalue weighted by Crippen LogP contribution is -2.66. The maximum atomic E-state index is 11.2. The lowest BCUT2D eigenvalue weighted by atomic mass is 9.56. The van der Waals surface area contributed by atoms with Gasteiger partial charge in [-0.3, -0.25) is 4.98 Å². The topological polar surface area (TPSA) is 65.8 Å². The third-order valence-corrected chi connectivity index (χ3v) is 11.1. The fraction of sp³-hybridized carbons (Fsp3) is 0.633. The Morgan fingerprint density at radius 2 is 1.91 bits per heavy atom. The normalized spacial score (nSPS) is 46.3. The highest BCUT2D eigenvalue weighted by Crippen LogP contribution is 2.70. The smallest absolute Gasteiger partial charge is 0.0958 e. The lowest BCUT2D eigenvalue weighted by molar-refractivity contribution is -0.239. The Morgan fingerprint density at radius 1 is 1.06 bits per heavy atom. The first-order valence-corrected chi connectivity index (χ1v) is 13.5. The molecule has 0 amide bonds. The molecule has 2 saturated carbocycles. The molecule has 1 aromatic heterocycles. The van der Waals surface area contributed by atoms with Crippen molar-refractivity contribution in [2.75, 3.05) is 14.1 Å². The van der Waals surface area contributed by atoms with Crippen LogP contribution < -0.4 is 0 Å². The summed E-state index contributed by atoms with van der Waals surface area (Å²) in [6, 6.07) is 8.99. The third kappa shape index (κ3) is 2.87. The molecular formula is C30H38N2O3. The van der Waals surface area contributed by atoms with E-state index in [-0.39, 0.29) is 28.6 Å². The molecule has 5 aliphatic rings. The first-order chi connectivity index (χ1) is 16.8. The number of aliphatic hydroxyl groups is 2. The maximum Gasteiger partial charge on any atom is 0.0958 e. The summed E-state index contributed by atoms with van der Waals surface area (Å²) in [7, 11) is 4.02. The Kier molecular flexibility index (Phi) is 4.72. The van der Waals surface area contributed by atoms with Crippen LogP contribution in [0, 0.1) is 17.3 Å². The van der Waals surface area contributed by atoms with E-state index in [4.69, 9.17) is 4.74 Å². The third-order valence-electron chi connectivity index (χ3n) is 11.1. The van der Waals surface area contributed by atoms with E-state index >= 15 is 0 Å². The Balaban J connectivity index is 1.26. The number of likely N-dealkylation sites (N-methyl/N-ethyl adjacent to an activating group) is 1. The van der Waals surface area contributed by atoms with Crippen LogP contribution in [0.25, 0.3) is 10.8 Å². The first kappa shape index (κ1) is 22.4. The van der Waals surface area contributed by atoms with E-state index in [0.717, 1.165) is 32.1 Å². The molecule has 3 aliphatic carbocycles. The van der Waals surface area contributed by atoms with Crippen LogP contribution >= 0.6 is 0 Å². The highest BCUT2D eigenvalue weighted by atomic mass is 16.5. The molecule has 1 unspecified atom stereocenters. The molecule has 2 aromatic rings. The fourth-order valence-corrected chi connectivity index (χ4v) is 9.32. The first-order valence-electron chi connectivity index (χ1n) is 13.5. The number of aromatic nitrogens is 1. The molecule has 7 rings (SSSR count). The van der Waals surface area contributed by atoms with Gasteiger partial charge in [-0.25, -0.2) is 0 Å². The van der Waals surface area contributed by atoms with E-state index in [0.29, 0.717) is 11.8 Å². The molecular weight excluding hydrogens is 436 g/mol. The Morgan fingerprint density at radius 3 is 2.74 bits per heavy atom. The minimum atomic E-state index is -0.732. The number of aliphatic hydroxyl groups excluding tert-OH is 2. The molecule has 3 heterocycles. The summed E-state index contributed by atoms with van der Waals surface area (Å²) in [4.78, 5) is 6.43. The van der Waals surface area contributed by atoms with Crippen molar-refractivity contribution in [3.05, 3.63) is 53.9 Å². The predicted octanol–water partition coefficient (Wildman–Crippen LogP) is 4.43. The Hall–Kier alpha value is -1.79. The number of allylic oxidation sites excluding steroid dienone is 1. The summed E-state index contributed by atoms with van der Waals surface area (Å²) in [5, 5.41) is 24.6. The number of hydrogen-bond acceptors (Lipinski definition) is 5. The van der Waals surface area contributed by atoms with Crippen molar-refractivity contribution < 1.29 is 14.9 Å². The molecule has 5 nitrogen and oxygen atoms in total. The second-order valence-corrected chi connectivity index (χ2v) is 12.7. The molecule has 0 radical (unpaired) electrons. The van der Waals surface area contributed by atoms with Crippen LogP contribution in [0.2, 0.25) is 0 Å². The zero-order chi connectivity index (χ0) is 24.2. The van der Waals surface area contributed by atoms with Gasteiger partial charge in [0.2, 0.25) is 0 Å². The highest BCUT2D eigenvalue weighted by molar-refractivity contribution is 5.82. The van der Waals surface area contributed by atoms with Gasteiger partial charge in [0.15, 0.2) is 0 Å². The Labute approximate surface area is 208 Å². The summed E-state index contributed by atoms with van der Waals surface area (Å²) in [6.07, 6.45) is 12.0. The van der Waals surface area contributed by atoms with Crippen LogP contribution in [0.15, 0.2) is 48.3 Å². The van der Waals surface area contributed by atoms with E-state index in [2.05, 4.69) is 47.1 Å². The number of fused-ring (bicyclic) bond motifs is 2. The van der Waals surface area contributed by atoms with Crippen LogP contribution in [0.1, 0.15) is 63.4 Å². The molecule has 35 heavy (non-hydrogen) atoms. The maximum absolute atomic E-state index is 11.2. The van der Waals surface area contributed by atoms with Crippen molar-refractivity contribution in [3.8, 4) is 0 Å². The largest absolute Gasteiger partial charge is 0.390 e. The van der Waals surface area contributed by atoms with Crippen molar-refractivity contribution in [1.29, 1.82) is 0 Å². The van der Waals surface area contributed by atoms with Crippen LogP contribution in [-0.4, -0.2) is 63.6 Å². The van der Waals surface area contributed by atoms with Gasteiger partial charge in [0, 0.05) is 29.7 Å². The average molecular weight is 475 g/mol. The molecule has 2 aliphatic heterocycles. The standard InChI is InChI=1S/C30H38N2O3/c1-28-10-8-21-15-23-26(33)27(34)24(32(2)3)16-29(23)11-12-30(21,35-29)25(28)7-6-22(28)19-5-4-18-9-13-31-17-20(18)14-19/h4-5,8-9,13-14,17,22-27,33-34H,6-7,10-12,15-16H2,1-3H3/t22-,23?,24+,25-,26-,27-,28-,29-,30-/m1/s1. The second kappa shape index (κ2) is 7.38. The summed E-state index contributed by atoms with van der Waals surface area (Å²) < 4.78 is 7.34. The molecule has 1 aromatic carbocycles. The van der Waals surface area contributed by atoms with E-state index < -0.39 is 12.2 Å². The minimum Gasteiger partial charge on any atom is -0.390 e. The van der Waals surface area contributed by atoms with E-state index in [1.165, 1.54) is 34.8 Å². The minimum absolute atomic E-state index is 0.00915. The summed E-state index contributed by atoms with van der Waals surface area (Å²) in [5.41, 5.74) is 2.49. The lowest BCUT2D eigenvalue weighted by Gasteiger charge is -2.59. The molecule has 4 fully saturated rings. The number of pyridine rings is 1. The zero-order valence-corrected chi connectivity index (χ0v) is 21.2. The molecule has 2 spiro atoms. The van der Waals surface area contributed by atoms with Gasteiger partial charge in [0.1, 0.15) is 0 Å². The number of nitrogens with zero attached hydrogens (tertiary/aromatic N) is 2. The van der Waals surface area contributed by atoms with Gasteiger partial charge in [0.05, 0.1) is 23.4 Å². The summed E-state index contributed by atoms with van der Waals surface area (Å²) in [6.45, 7) is 2.51. The summed E-state index contributed by atoms with van der Waals surface area (Å²) >= 11 is 0. The second-order valence-electron chi connectivity index (χ2n) is 12.7. The zero-order valence-electron chi connectivity index (χ0n) is 21.2. The van der Waals surface area contributed by atoms with Crippen molar-refractivity contribution in [1.82, 2.24) is 9.88 Å². The van der Waals surface area contributed by atoms with Crippen molar-refractivity contribution in [2.24, 2.45) is 17.3 Å². The van der Waals surface area contributed by atoms with Crippen molar-refractivity contribution in [3.63, 3.8) is 0 Å². The van der Waals surface area contributed by atoms with E-state index in [1.807, 2.05) is 26.5 Å². The monoisotopic (exact) mass is 474 g/mol. The summed E-state index contributed by atoms with van der Waals surface area (Å²) in [5.74, 6) is 0.993. The van der Waals surface area contributed by atoms with Crippen LogP contribution in [0.4, 0.5) is 0 Å². The molecule has 2 N–H and O–H groups in total. The van der Waals surface area contributed by atoms with Crippen molar-refractivity contribution >= 4 is 10.8 Å². The molecule has 2 bridgehead atoms. The van der Waals surface area contributed by atoms with Gasteiger partial charge in [-0.1, -0.05) is 25.1 Å². The average Bonchev–Trinajstić information content (AvgIpc) is 3.37. The number of rotatable bonds is 2. The van der Waals surface area contributed by atoms with Crippen LogP contribution in [-0.2, 0) is 4.74 Å². The van der Waals surface area contributed by atoms with Crippen LogP contribution in [0.5, 0.6) is 0 Å². The molecule has 5 heteroatoms. The highest BCUT2D eigenvalue weighted by Gasteiger charge is 2.70. The SMILES string of the molecule is CN(C)[C@H]1C[C@@]23CC[C@@]4(O2)C(=CC[C@]2(C)[C@@H](c5ccc6ccncc6c5)CC[C@H]24)CC3[C@@H](O)[C@@H]1O. The number of ether oxygens (including phenoxy) is 1. The van der Waals surface area contributed by atoms with Gasteiger partial charge in [-0.2, -0.15) is 0 Å². The van der Waals surface area contributed by atoms with Gasteiger partial charge >= 0.3 is 0 Å². The van der Waals surface area contributed by atoms with Gasteiger partial charge in [-0.05, 0) is 105 Å². The van der Waals surface area contributed by atoms with E-state index in [1.54, 1.807) is 0 Å². The van der Waals surface area contributed by atoms with Crippen molar-refractivity contribution in [2.45, 2.75) is 87.2 Å². The fourth-order valence-electron chi connectivity index (χ4n) is 9.32. The Bertz CT molecular complexity index is 1210.